The molecule has 4 heteroatoms. The molecule has 0 amide bonds. The molecule has 1 aliphatic carbocycles. The summed E-state index contributed by atoms with van der Waals surface area (Å²) < 4.78 is 5.13. The molecular weight excluding hydrogens is 276 g/mol. The van der Waals surface area contributed by atoms with Gasteiger partial charge in [0, 0.05) is 12.0 Å². The Hall–Kier alpha value is -1.61. The van der Waals surface area contributed by atoms with Crippen molar-refractivity contribution in [3.8, 4) is 0 Å². The van der Waals surface area contributed by atoms with Gasteiger partial charge in [0.1, 0.15) is 6.61 Å². The zero-order valence-electron chi connectivity index (χ0n) is 11.5. The number of allylic oxidation sites excluding steroid dienone is 1. The molecule has 3 nitrogen and oxygen atoms in total. The molecule has 0 unspecified atom stereocenters. The first-order valence-electron chi connectivity index (χ1n) is 6.51. The molecule has 2 rings (SSSR count). The van der Waals surface area contributed by atoms with Crippen LogP contribution in [0.15, 0.2) is 42.5 Å². The zero-order chi connectivity index (χ0) is 14.8. The third-order valence-electron chi connectivity index (χ3n) is 3.82. The lowest BCUT2D eigenvalue weighted by molar-refractivity contribution is -0.139. The van der Waals surface area contributed by atoms with E-state index in [9.17, 15) is 9.59 Å². The van der Waals surface area contributed by atoms with E-state index in [-0.39, 0.29) is 29.1 Å². The van der Waals surface area contributed by atoms with Gasteiger partial charge in [-0.25, -0.2) is 4.79 Å². The van der Waals surface area contributed by atoms with Crippen molar-refractivity contribution < 1.29 is 14.3 Å². The van der Waals surface area contributed by atoms with Gasteiger partial charge in [0.25, 0.3) is 0 Å². The van der Waals surface area contributed by atoms with E-state index in [0.29, 0.717) is 0 Å². The van der Waals surface area contributed by atoms with Gasteiger partial charge in [-0.15, -0.1) is 0 Å². The average Bonchev–Trinajstić information content (AvgIpc) is 2.97. The van der Waals surface area contributed by atoms with Crippen molar-refractivity contribution in [3.05, 3.63) is 48.0 Å². The molecule has 106 valence electrons. The van der Waals surface area contributed by atoms with Gasteiger partial charge in [-0.1, -0.05) is 50.3 Å². The van der Waals surface area contributed by atoms with Gasteiger partial charge in [-0.05, 0) is 28.5 Å². The van der Waals surface area contributed by atoms with Crippen molar-refractivity contribution in [2.75, 3.05) is 0 Å². The Morgan fingerprint density at radius 3 is 2.50 bits per heavy atom. The number of rotatable bonds is 5. The molecule has 0 aliphatic heterocycles. The van der Waals surface area contributed by atoms with E-state index in [4.69, 9.17) is 16.3 Å². The number of esters is 1. The summed E-state index contributed by atoms with van der Waals surface area (Å²) in [6.45, 7) is 4.17. The summed E-state index contributed by atoms with van der Waals surface area (Å²) in [6.07, 6.45) is 3.10. The lowest BCUT2D eigenvalue weighted by atomic mass is 10.1. The second kappa shape index (κ2) is 5.80. The van der Waals surface area contributed by atoms with Crippen LogP contribution >= 0.6 is 11.6 Å². The van der Waals surface area contributed by atoms with Crippen LogP contribution in [-0.2, 0) is 20.9 Å². The average molecular weight is 293 g/mol. The largest absolute Gasteiger partial charge is 0.458 e. The number of carbonyl (C=O) groups excluding carboxylic acids is 2. The molecule has 0 heterocycles. The molecule has 0 N–H and O–H groups in total. The fraction of sp³-hybridized carbons (Fsp3) is 0.375. The minimum absolute atomic E-state index is 0.0109. The summed E-state index contributed by atoms with van der Waals surface area (Å²) in [5, 5.41) is -0.345. The van der Waals surface area contributed by atoms with Gasteiger partial charge in [0.2, 0.25) is 5.24 Å². The second-order valence-corrected chi connectivity index (χ2v) is 5.95. The van der Waals surface area contributed by atoms with Crippen molar-refractivity contribution in [2.24, 2.45) is 17.3 Å². The molecule has 0 saturated heterocycles. The first kappa shape index (κ1) is 14.8. The monoisotopic (exact) mass is 292 g/mol. The fourth-order valence-corrected chi connectivity index (χ4v) is 2.85. The van der Waals surface area contributed by atoms with Crippen molar-refractivity contribution in [3.63, 3.8) is 0 Å². The summed E-state index contributed by atoms with van der Waals surface area (Å²) in [6, 6.07) is 9.47. The van der Waals surface area contributed by atoms with Crippen LogP contribution in [0.1, 0.15) is 19.4 Å². The molecule has 2 atom stereocenters. The highest BCUT2D eigenvalue weighted by molar-refractivity contribution is 6.64. The normalized spacial score (nSPS) is 23.6. The van der Waals surface area contributed by atoms with Crippen LogP contribution in [-0.4, -0.2) is 11.2 Å². The van der Waals surface area contributed by atoms with Gasteiger partial charge in [0.15, 0.2) is 0 Å². The van der Waals surface area contributed by atoms with Crippen LogP contribution < -0.4 is 0 Å². The van der Waals surface area contributed by atoms with Crippen LogP contribution in [0.5, 0.6) is 0 Å². The predicted octanol–water partition coefficient (Wildman–Crippen LogP) is 3.32. The minimum Gasteiger partial charge on any atom is -0.458 e. The molecule has 1 aliphatic rings. The molecule has 1 aromatic rings. The van der Waals surface area contributed by atoms with Gasteiger partial charge in [-0.3, -0.25) is 4.79 Å². The molecule has 0 bridgehead atoms. The van der Waals surface area contributed by atoms with Crippen LogP contribution in [0.3, 0.4) is 0 Å². The van der Waals surface area contributed by atoms with E-state index < -0.39 is 5.97 Å². The van der Waals surface area contributed by atoms with Gasteiger partial charge >= 0.3 is 5.97 Å². The Morgan fingerprint density at radius 2 is 1.95 bits per heavy atom. The maximum Gasteiger partial charge on any atom is 0.330 e. The minimum atomic E-state index is -0.405. The lowest BCUT2D eigenvalue weighted by Gasteiger charge is -2.01. The number of hydrogen-bond acceptors (Lipinski definition) is 3. The lowest BCUT2D eigenvalue weighted by Crippen LogP contribution is -2.01. The topological polar surface area (TPSA) is 43.4 Å². The zero-order valence-corrected chi connectivity index (χ0v) is 12.3. The molecule has 20 heavy (non-hydrogen) atoms. The number of hydrogen-bond donors (Lipinski definition) is 0. The van der Waals surface area contributed by atoms with E-state index >= 15 is 0 Å². The summed E-state index contributed by atoms with van der Waals surface area (Å²) in [5.74, 6) is -0.601. The molecule has 0 aromatic heterocycles. The van der Waals surface area contributed by atoms with Crippen molar-refractivity contribution in [1.29, 1.82) is 0 Å². The quantitative estimate of drug-likeness (QED) is 0.475. The van der Waals surface area contributed by atoms with Crippen molar-refractivity contribution in [2.45, 2.75) is 20.5 Å². The molecule has 1 fully saturated rings. The van der Waals surface area contributed by atoms with Crippen molar-refractivity contribution >= 4 is 22.8 Å². The molecule has 1 aromatic carbocycles. The SMILES string of the molecule is CC1(C)[C@H](C(=O)Cl)[C@@H]1/C=C\C(=O)OCc1ccccc1. The van der Waals surface area contributed by atoms with E-state index in [1.807, 2.05) is 44.2 Å². The number of ether oxygens (including phenoxy) is 1. The number of carbonyl (C=O) groups is 2. The third kappa shape index (κ3) is 3.28. The summed E-state index contributed by atoms with van der Waals surface area (Å²) in [7, 11) is 0. The maximum absolute atomic E-state index is 11.6. The third-order valence-corrected chi connectivity index (χ3v) is 4.05. The highest BCUT2D eigenvalue weighted by Gasteiger charge is 2.59. The summed E-state index contributed by atoms with van der Waals surface area (Å²) >= 11 is 5.52. The predicted molar refractivity (Wildman–Crippen MR) is 77.0 cm³/mol. The fourth-order valence-electron chi connectivity index (χ4n) is 2.43. The Kier molecular flexibility index (Phi) is 4.29. The van der Waals surface area contributed by atoms with E-state index in [2.05, 4.69) is 0 Å². The standard InChI is InChI=1S/C16H17ClO3/c1-16(2)12(14(16)15(17)19)8-9-13(18)20-10-11-6-4-3-5-7-11/h3-9,12,14H,10H2,1-2H3/b9-8-/t12-,14-/m0/s1. The Labute approximate surface area is 123 Å². The Balaban J connectivity index is 1.84. The van der Waals surface area contributed by atoms with Gasteiger partial charge < -0.3 is 4.74 Å². The van der Waals surface area contributed by atoms with E-state index in [0.717, 1.165) is 5.56 Å². The van der Waals surface area contributed by atoms with Crippen LogP contribution in [0.2, 0.25) is 0 Å². The van der Waals surface area contributed by atoms with Crippen LogP contribution in [0, 0.1) is 17.3 Å². The van der Waals surface area contributed by atoms with E-state index in [1.54, 1.807) is 6.08 Å². The van der Waals surface area contributed by atoms with Crippen molar-refractivity contribution in [1.82, 2.24) is 0 Å². The van der Waals surface area contributed by atoms with Crippen LogP contribution in [0.4, 0.5) is 0 Å². The van der Waals surface area contributed by atoms with E-state index in [1.165, 1.54) is 6.08 Å². The molecule has 0 radical (unpaired) electrons. The Bertz CT molecular complexity index is 534. The second-order valence-electron chi connectivity index (χ2n) is 5.58. The number of halogens is 1. The summed E-state index contributed by atoms with van der Waals surface area (Å²) in [4.78, 5) is 22.8. The smallest absolute Gasteiger partial charge is 0.330 e. The number of benzene rings is 1. The molecule has 1 saturated carbocycles. The first-order valence-corrected chi connectivity index (χ1v) is 6.89. The molecule has 0 spiro atoms. The highest BCUT2D eigenvalue weighted by atomic mass is 35.5. The van der Waals surface area contributed by atoms with Gasteiger partial charge in [-0.2, -0.15) is 0 Å². The maximum atomic E-state index is 11.6. The first-order chi connectivity index (χ1) is 9.43. The summed E-state index contributed by atoms with van der Waals surface area (Å²) in [5.41, 5.74) is 0.768. The Morgan fingerprint density at radius 1 is 1.30 bits per heavy atom. The highest BCUT2D eigenvalue weighted by Crippen LogP contribution is 2.59. The van der Waals surface area contributed by atoms with Crippen LogP contribution in [0.25, 0.3) is 0 Å². The molecular formula is C16H17ClO3. The van der Waals surface area contributed by atoms with Gasteiger partial charge in [0.05, 0.1) is 0 Å².